The molecular weight excluding hydrogens is 310 g/mol. The molecule has 8 rings (SSSR count). The third kappa shape index (κ3) is 2.39. The number of nitrogens with one attached hydrogen (secondary N) is 2. The molecule has 0 saturated heterocycles. The lowest BCUT2D eigenvalue weighted by molar-refractivity contribution is -0.0342. The van der Waals surface area contributed by atoms with Crippen LogP contribution < -0.4 is 16.4 Å². The van der Waals surface area contributed by atoms with Crippen LogP contribution in [0, 0.1) is 29.6 Å². The van der Waals surface area contributed by atoms with Crippen molar-refractivity contribution in [3.63, 3.8) is 0 Å². The van der Waals surface area contributed by atoms with Crippen molar-refractivity contribution >= 4 is 6.03 Å². The number of hydrogen-bond donors (Lipinski definition) is 3. The van der Waals surface area contributed by atoms with E-state index in [9.17, 15) is 4.79 Å². The number of rotatable bonds is 2. The van der Waals surface area contributed by atoms with Gasteiger partial charge in [-0.15, -0.1) is 0 Å². The molecule has 0 spiro atoms. The minimum Gasteiger partial charge on any atom is -0.333 e. The molecule has 8 bridgehead atoms. The van der Waals surface area contributed by atoms with Gasteiger partial charge in [-0.05, 0) is 107 Å². The number of carbonyl (C=O) groups excluding carboxylic acids is 1. The van der Waals surface area contributed by atoms with Crippen LogP contribution in [0.25, 0.3) is 0 Å². The molecule has 4 heteroatoms. The molecule has 0 radical (unpaired) electrons. The summed E-state index contributed by atoms with van der Waals surface area (Å²) in [6.45, 7) is 0. The zero-order valence-electron chi connectivity index (χ0n) is 15.4. The van der Waals surface area contributed by atoms with E-state index in [1.807, 2.05) is 0 Å². The van der Waals surface area contributed by atoms with Crippen LogP contribution in [0.4, 0.5) is 4.79 Å². The van der Waals surface area contributed by atoms with Crippen molar-refractivity contribution in [2.75, 3.05) is 0 Å². The molecule has 25 heavy (non-hydrogen) atoms. The summed E-state index contributed by atoms with van der Waals surface area (Å²) in [6.07, 6.45) is 15.0. The fraction of sp³-hybridized carbons (Fsp3) is 0.952. The van der Waals surface area contributed by atoms with Gasteiger partial charge in [-0.2, -0.15) is 0 Å². The third-order valence-corrected chi connectivity index (χ3v) is 8.90. The summed E-state index contributed by atoms with van der Waals surface area (Å²) >= 11 is 0. The molecule has 4 nitrogen and oxygen atoms in total. The maximum Gasteiger partial charge on any atom is 0.315 e. The highest BCUT2D eigenvalue weighted by atomic mass is 16.2. The van der Waals surface area contributed by atoms with Gasteiger partial charge in [-0.1, -0.05) is 0 Å². The highest BCUT2D eigenvalue weighted by molar-refractivity contribution is 5.76. The van der Waals surface area contributed by atoms with Crippen LogP contribution in [-0.2, 0) is 0 Å². The Morgan fingerprint density at radius 1 is 0.680 bits per heavy atom. The van der Waals surface area contributed by atoms with Gasteiger partial charge in [0.1, 0.15) is 0 Å². The molecule has 2 amide bonds. The number of nitrogens with two attached hydrogens (primary N) is 1. The molecule has 0 aromatic carbocycles. The average Bonchev–Trinajstić information content (AvgIpc) is 2.40. The summed E-state index contributed by atoms with van der Waals surface area (Å²) < 4.78 is 0. The summed E-state index contributed by atoms with van der Waals surface area (Å²) in [5, 5.41) is 7.02. The number of hydrogen-bond acceptors (Lipinski definition) is 2. The van der Waals surface area contributed by atoms with E-state index >= 15 is 0 Å². The minimum atomic E-state index is -0.00872. The normalized spacial score (nSPS) is 57.7. The largest absolute Gasteiger partial charge is 0.333 e. The van der Waals surface area contributed by atoms with Crippen molar-refractivity contribution in [2.45, 2.75) is 93.7 Å². The Hall–Kier alpha value is -0.770. The van der Waals surface area contributed by atoms with Crippen LogP contribution in [0.15, 0.2) is 0 Å². The van der Waals surface area contributed by atoms with Gasteiger partial charge >= 0.3 is 6.03 Å². The molecule has 138 valence electrons. The SMILES string of the molecule is NC12CC3CC(C1)CC(NC(=O)NC14CC5CC(CC(C5)C1)C4)(C3)C2. The highest BCUT2D eigenvalue weighted by Crippen LogP contribution is 2.57. The van der Waals surface area contributed by atoms with Gasteiger partial charge < -0.3 is 16.4 Å². The van der Waals surface area contributed by atoms with Crippen LogP contribution in [0.1, 0.15) is 77.0 Å². The van der Waals surface area contributed by atoms with Crippen molar-refractivity contribution in [1.82, 2.24) is 10.6 Å². The van der Waals surface area contributed by atoms with E-state index in [0.29, 0.717) is 0 Å². The average molecular weight is 344 g/mol. The fourth-order valence-electron chi connectivity index (χ4n) is 9.26. The van der Waals surface area contributed by atoms with E-state index < -0.39 is 0 Å². The van der Waals surface area contributed by atoms with Crippen molar-refractivity contribution in [2.24, 2.45) is 35.3 Å². The molecule has 4 N–H and O–H groups in total. The molecule has 0 aromatic rings. The van der Waals surface area contributed by atoms with Crippen LogP contribution in [0.5, 0.6) is 0 Å². The first kappa shape index (κ1) is 15.3. The second kappa shape index (κ2) is 4.74. The molecule has 8 aliphatic carbocycles. The van der Waals surface area contributed by atoms with Crippen LogP contribution >= 0.6 is 0 Å². The second-order valence-electron chi connectivity index (χ2n) is 11.4. The van der Waals surface area contributed by atoms with Crippen molar-refractivity contribution in [1.29, 1.82) is 0 Å². The van der Waals surface area contributed by atoms with Crippen LogP contribution in [0.2, 0.25) is 0 Å². The zero-order valence-corrected chi connectivity index (χ0v) is 15.4. The lowest BCUT2D eigenvalue weighted by atomic mass is 9.50. The second-order valence-corrected chi connectivity index (χ2v) is 11.4. The maximum absolute atomic E-state index is 13.1. The van der Waals surface area contributed by atoms with Crippen molar-refractivity contribution in [3.8, 4) is 0 Å². The summed E-state index contributed by atoms with van der Waals surface area (Å²) in [5.41, 5.74) is 6.80. The van der Waals surface area contributed by atoms with Crippen LogP contribution in [0.3, 0.4) is 0 Å². The first-order valence-corrected chi connectivity index (χ1v) is 10.8. The Labute approximate surface area is 151 Å². The summed E-state index contributed by atoms with van der Waals surface area (Å²) in [6, 6.07) is 0.118. The summed E-state index contributed by atoms with van der Waals surface area (Å²) in [5.74, 6) is 4.10. The summed E-state index contributed by atoms with van der Waals surface area (Å²) in [7, 11) is 0. The molecule has 0 aromatic heterocycles. The van der Waals surface area contributed by atoms with E-state index in [2.05, 4.69) is 10.6 Å². The Morgan fingerprint density at radius 3 is 1.64 bits per heavy atom. The van der Waals surface area contributed by atoms with Crippen molar-refractivity contribution in [3.05, 3.63) is 0 Å². The van der Waals surface area contributed by atoms with Gasteiger partial charge in [0.2, 0.25) is 0 Å². The standard InChI is InChI=1S/C21H33N3O/c22-19-5-16-4-17(6-19)11-21(10-16,12-19)24-18(25)23-20-7-13-1-14(8-20)3-15(2-13)9-20/h13-17H,1-12,22H2,(H2,23,24,25). The lowest BCUT2D eigenvalue weighted by Gasteiger charge is -2.61. The molecule has 2 unspecified atom stereocenters. The van der Waals surface area contributed by atoms with Gasteiger partial charge in [0.05, 0.1) is 0 Å². The molecule has 8 aliphatic rings. The van der Waals surface area contributed by atoms with Gasteiger partial charge in [-0.3, -0.25) is 0 Å². The van der Waals surface area contributed by atoms with Crippen LogP contribution in [-0.4, -0.2) is 22.6 Å². The van der Waals surface area contributed by atoms with Gasteiger partial charge in [0, 0.05) is 16.6 Å². The first-order valence-electron chi connectivity index (χ1n) is 10.8. The Balaban J connectivity index is 1.18. The summed E-state index contributed by atoms with van der Waals surface area (Å²) in [4.78, 5) is 13.1. The van der Waals surface area contributed by atoms with Gasteiger partial charge in [0.15, 0.2) is 0 Å². The molecule has 0 heterocycles. The van der Waals surface area contributed by atoms with Gasteiger partial charge in [-0.25, -0.2) is 4.79 Å². The predicted octanol–water partition coefficient (Wildman–Crippen LogP) is 3.30. The Kier molecular flexibility index (Phi) is 2.90. The fourth-order valence-corrected chi connectivity index (χ4v) is 9.26. The number of carbonyl (C=O) groups is 1. The maximum atomic E-state index is 13.1. The van der Waals surface area contributed by atoms with E-state index in [0.717, 1.165) is 48.9 Å². The quantitative estimate of drug-likeness (QED) is 0.720. The Bertz CT molecular complexity index is 565. The monoisotopic (exact) mass is 343 g/mol. The number of amides is 2. The van der Waals surface area contributed by atoms with E-state index in [4.69, 9.17) is 5.73 Å². The first-order chi connectivity index (χ1) is 11.9. The van der Waals surface area contributed by atoms with Gasteiger partial charge in [0.25, 0.3) is 0 Å². The predicted molar refractivity (Wildman–Crippen MR) is 96.9 cm³/mol. The van der Waals surface area contributed by atoms with E-state index in [1.54, 1.807) is 0 Å². The minimum absolute atomic E-state index is 0.00193. The molecule has 2 atom stereocenters. The van der Waals surface area contributed by atoms with Crippen molar-refractivity contribution < 1.29 is 4.79 Å². The third-order valence-electron chi connectivity index (χ3n) is 8.90. The number of urea groups is 1. The smallest absolute Gasteiger partial charge is 0.315 e. The Morgan fingerprint density at radius 2 is 1.12 bits per heavy atom. The zero-order chi connectivity index (χ0) is 16.9. The molecule has 8 saturated carbocycles. The lowest BCUT2D eigenvalue weighted by Crippen LogP contribution is -2.70. The molecule has 0 aliphatic heterocycles. The topological polar surface area (TPSA) is 67.1 Å². The molecular formula is C21H33N3O. The van der Waals surface area contributed by atoms with E-state index in [-0.39, 0.29) is 22.6 Å². The van der Waals surface area contributed by atoms with E-state index in [1.165, 1.54) is 57.8 Å². The molecule has 8 fully saturated rings. The highest BCUT2D eigenvalue weighted by Gasteiger charge is 2.57.